The first-order valence-corrected chi connectivity index (χ1v) is 8.05. The second-order valence-electron chi connectivity index (χ2n) is 5.60. The minimum atomic E-state index is -3.28. The number of nitrogens with zero attached hydrogens (tertiary/aromatic N) is 4. The molecule has 2 saturated heterocycles. The molecule has 1 unspecified atom stereocenters. The van der Waals surface area contributed by atoms with E-state index in [9.17, 15) is 4.79 Å². The van der Waals surface area contributed by atoms with Crippen LogP contribution in [0, 0.1) is 0 Å². The summed E-state index contributed by atoms with van der Waals surface area (Å²) >= 11 is 0. The summed E-state index contributed by atoms with van der Waals surface area (Å²) in [6, 6.07) is -0.954. The van der Waals surface area contributed by atoms with Crippen molar-refractivity contribution < 1.29 is 38.3 Å². The molecule has 0 bridgehead atoms. The highest BCUT2D eigenvalue weighted by Crippen LogP contribution is 2.34. The SMILES string of the molecule is [2H]c1c(OC)c(OC)c([2H])c2c(N([2H])[2H])nc(N3C([2H])([2H])CN(C(=O)C4OC([2H])([2H])C([2H])([2H])C4([2H])[2H])CC3([2H])[2H])nc12. The number of ether oxygens (including phenoxy) is 3. The molecule has 4 rings (SSSR count). The van der Waals surface area contributed by atoms with Crippen LogP contribution in [0.3, 0.4) is 0 Å². The van der Waals surface area contributed by atoms with Crippen molar-refractivity contribution >= 4 is 28.6 Å². The Hall–Kier alpha value is -2.81. The topological polar surface area (TPSA) is 103 Å². The van der Waals surface area contributed by atoms with Gasteiger partial charge in [-0.25, -0.2) is 4.98 Å². The quantitative estimate of drug-likeness (QED) is 0.793. The Kier molecular flexibility index (Phi) is 2.27. The van der Waals surface area contributed by atoms with Crippen LogP contribution in [-0.4, -0.2) is 73.7 Å². The maximum Gasteiger partial charge on any atom is 0.251 e. The Morgan fingerprint density at radius 3 is 2.71 bits per heavy atom. The maximum absolute atomic E-state index is 13.3. The van der Waals surface area contributed by atoms with E-state index in [1.54, 1.807) is 0 Å². The molecule has 28 heavy (non-hydrogen) atoms. The van der Waals surface area contributed by atoms with Gasteiger partial charge in [-0.15, -0.1) is 0 Å². The standard InChI is InChI=1S/C19H25N5O4/c1-26-15-10-12-13(11-16(15)27-2)21-19(22-17(12)20)24-7-5-23(6-8-24)18(25)14-4-3-9-28-14/h10-11,14H,3-9H2,1-2H3,(H2,20,21,22)/i3D2,4D2,7D2,8D2,9D2,10D,11D/hD2. The molecule has 9 nitrogen and oxygen atoms in total. The van der Waals surface area contributed by atoms with Gasteiger partial charge in [0.2, 0.25) is 5.95 Å². The molecule has 2 aliphatic rings. The average molecular weight is 402 g/mol. The van der Waals surface area contributed by atoms with E-state index in [0.717, 1.165) is 0 Å². The molecule has 1 atom stereocenters. The highest BCUT2D eigenvalue weighted by atomic mass is 16.5. The van der Waals surface area contributed by atoms with E-state index >= 15 is 0 Å². The lowest BCUT2D eigenvalue weighted by Crippen LogP contribution is -2.51. The van der Waals surface area contributed by atoms with E-state index in [2.05, 4.69) is 9.97 Å². The summed E-state index contributed by atoms with van der Waals surface area (Å²) in [5.41, 5.74) is -0.437. The number of carbonyl (C=O) groups is 1. The summed E-state index contributed by atoms with van der Waals surface area (Å²) in [6.45, 7) is -10.9. The molecule has 1 aromatic carbocycles. The predicted molar refractivity (Wildman–Crippen MR) is 105 cm³/mol. The molecule has 9 heteroatoms. The van der Waals surface area contributed by atoms with Crippen LogP contribution in [0.5, 0.6) is 11.5 Å². The molecular weight excluding hydrogens is 362 g/mol. The smallest absolute Gasteiger partial charge is 0.251 e. The van der Waals surface area contributed by atoms with E-state index in [-0.39, 0.29) is 22.6 Å². The van der Waals surface area contributed by atoms with Gasteiger partial charge in [-0.3, -0.25) is 4.79 Å². The van der Waals surface area contributed by atoms with Crippen molar-refractivity contribution in [2.75, 3.05) is 57.5 Å². The zero-order valence-electron chi connectivity index (χ0n) is 28.9. The Bertz CT molecular complexity index is 1420. The van der Waals surface area contributed by atoms with Crippen LogP contribution in [0.2, 0.25) is 2.82 Å². The van der Waals surface area contributed by atoms with Gasteiger partial charge in [0, 0.05) is 49.6 Å². The molecule has 0 spiro atoms. The fraction of sp³-hybridized carbons (Fsp3) is 0.526. The van der Waals surface area contributed by atoms with Crippen molar-refractivity contribution in [3.63, 3.8) is 0 Å². The number of hydrogen-bond donors (Lipinski definition) is 1. The molecule has 3 heterocycles. The third-order valence-electron chi connectivity index (χ3n) is 3.97. The molecule has 2 N–H and O–H groups in total. The number of aromatic nitrogens is 2. The van der Waals surface area contributed by atoms with Gasteiger partial charge >= 0.3 is 0 Å². The van der Waals surface area contributed by atoms with Gasteiger partial charge in [-0.2, -0.15) is 4.98 Å². The molecule has 1 amide bonds. The second-order valence-corrected chi connectivity index (χ2v) is 5.60. The largest absolute Gasteiger partial charge is 0.493 e. The zero-order chi connectivity index (χ0) is 32.0. The minimum Gasteiger partial charge on any atom is -0.493 e. The van der Waals surface area contributed by atoms with Crippen LogP contribution >= 0.6 is 0 Å². The molecule has 0 radical (unpaired) electrons. The average Bonchev–Trinajstić information content (AvgIpc) is 2.98. The molecule has 0 aliphatic carbocycles. The van der Waals surface area contributed by atoms with Gasteiger partial charge < -0.3 is 29.7 Å². The molecule has 2 fully saturated rings. The first-order chi connectivity index (χ1) is 19.1. The van der Waals surface area contributed by atoms with E-state index in [1.807, 2.05) is 0 Å². The van der Waals surface area contributed by atoms with E-state index in [1.165, 1.54) is 14.2 Å². The summed E-state index contributed by atoms with van der Waals surface area (Å²) in [4.78, 5) is 22.2. The van der Waals surface area contributed by atoms with Crippen LogP contribution in [0.4, 0.5) is 11.8 Å². The van der Waals surface area contributed by atoms with Gasteiger partial charge in [0.05, 0.1) is 30.7 Å². The van der Waals surface area contributed by atoms with Crippen molar-refractivity contribution in [2.45, 2.75) is 18.8 Å². The minimum absolute atomic E-state index is 0.0384. The molecule has 150 valence electrons. The number of anilines is 2. The van der Waals surface area contributed by atoms with Crippen LogP contribution in [0.25, 0.3) is 10.9 Å². The number of nitrogens with two attached hydrogens (primary N) is 1. The Morgan fingerprint density at radius 2 is 2.07 bits per heavy atom. The maximum atomic E-state index is 13.3. The van der Waals surface area contributed by atoms with Crippen molar-refractivity contribution in [3.8, 4) is 11.5 Å². The lowest BCUT2D eigenvalue weighted by atomic mass is 10.2. The first kappa shape index (κ1) is 8.28. The number of rotatable bonds is 5. The van der Waals surface area contributed by atoms with Crippen molar-refractivity contribution in [3.05, 3.63) is 12.1 Å². The number of fused-ring (bicyclic) bond motifs is 1. The number of carbonyl (C=O) groups excluding carboxylic acids is 1. The summed E-state index contributed by atoms with van der Waals surface area (Å²) in [5, 5.41) is -0.314. The molecule has 2 aromatic rings. The van der Waals surface area contributed by atoms with Gasteiger partial charge in [-0.1, -0.05) is 0 Å². The number of methoxy groups -OCH3 is 2. The van der Waals surface area contributed by atoms with E-state index in [4.69, 9.17) is 33.5 Å². The van der Waals surface area contributed by atoms with Gasteiger partial charge in [-0.05, 0) is 18.8 Å². The number of benzene rings is 1. The summed E-state index contributed by atoms with van der Waals surface area (Å²) in [6.07, 6.45) is -8.85. The van der Waals surface area contributed by atoms with Gasteiger partial charge in [0.15, 0.2) is 14.3 Å². The molecular formula is C19H25N5O4. The number of amides is 1. The third-order valence-corrected chi connectivity index (χ3v) is 3.97. The Labute approximate surface area is 183 Å². The van der Waals surface area contributed by atoms with E-state index in [0.29, 0.717) is 9.80 Å². The molecule has 0 saturated carbocycles. The predicted octanol–water partition coefficient (Wildman–Crippen LogP) is 1.06. The van der Waals surface area contributed by atoms with Crippen LogP contribution < -0.4 is 20.1 Å². The number of hydrogen-bond acceptors (Lipinski definition) is 8. The van der Waals surface area contributed by atoms with Crippen LogP contribution in [0.15, 0.2) is 12.1 Å². The Balaban J connectivity index is 1.82. The van der Waals surface area contributed by atoms with E-state index < -0.39 is 86.8 Å². The fourth-order valence-corrected chi connectivity index (χ4v) is 2.58. The summed E-state index contributed by atoms with van der Waals surface area (Å²) in [7, 11) is 2.38. The second kappa shape index (κ2) is 7.67. The monoisotopic (exact) mass is 401 g/mol. The van der Waals surface area contributed by atoms with Crippen molar-refractivity contribution in [1.29, 1.82) is 0 Å². The normalized spacial score (nSPS) is 36.0. The molecule has 1 aromatic heterocycles. The number of nitrogen functional groups attached to an aromatic ring is 1. The first-order valence-electron chi connectivity index (χ1n) is 14.9. The van der Waals surface area contributed by atoms with Gasteiger partial charge in [0.25, 0.3) is 5.91 Å². The number of piperazine rings is 1. The van der Waals surface area contributed by atoms with Crippen molar-refractivity contribution in [1.82, 2.24) is 14.9 Å². The van der Waals surface area contributed by atoms with Crippen LogP contribution in [0.1, 0.15) is 29.2 Å². The highest BCUT2D eigenvalue weighted by Gasteiger charge is 2.31. The highest BCUT2D eigenvalue weighted by molar-refractivity contribution is 5.91. The summed E-state index contributed by atoms with van der Waals surface area (Å²) < 4.78 is 129. The van der Waals surface area contributed by atoms with Crippen molar-refractivity contribution in [2.24, 2.45) is 0 Å². The lowest BCUT2D eigenvalue weighted by Gasteiger charge is -2.35. The Morgan fingerprint density at radius 1 is 1.32 bits per heavy atom. The molecule has 2 aliphatic heterocycles. The zero-order valence-corrected chi connectivity index (χ0v) is 14.9. The lowest BCUT2D eigenvalue weighted by molar-refractivity contribution is -0.141. The third kappa shape index (κ3) is 3.37. The van der Waals surface area contributed by atoms with Gasteiger partial charge in [0.1, 0.15) is 11.9 Å². The summed E-state index contributed by atoms with van der Waals surface area (Å²) in [5.74, 6) is -3.26. The van der Waals surface area contributed by atoms with Crippen LogP contribution in [-0.2, 0) is 9.53 Å². The fourth-order valence-electron chi connectivity index (χ4n) is 2.58.